The molecule has 2 aromatic carbocycles. The number of allylic oxidation sites excluding steroid dienone is 1. The highest BCUT2D eigenvalue weighted by atomic mass is 35.5. The van der Waals surface area contributed by atoms with Crippen molar-refractivity contribution in [3.05, 3.63) is 64.4 Å². The van der Waals surface area contributed by atoms with E-state index in [0.717, 1.165) is 23.6 Å². The number of nitrogens with one attached hydrogen (secondary N) is 2. The van der Waals surface area contributed by atoms with Gasteiger partial charge in [0.15, 0.2) is 0 Å². The van der Waals surface area contributed by atoms with Gasteiger partial charge in [0.2, 0.25) is 0 Å². The molecule has 3 rings (SSSR count). The van der Waals surface area contributed by atoms with Gasteiger partial charge in [0.25, 0.3) is 10.0 Å². The lowest BCUT2D eigenvalue weighted by Gasteiger charge is -2.10. The topological polar surface area (TPSA) is 75.3 Å². The van der Waals surface area contributed by atoms with Crippen molar-refractivity contribution >= 4 is 39.4 Å². The second-order valence-corrected chi connectivity index (χ2v) is 7.25. The lowest BCUT2D eigenvalue weighted by atomic mass is 10.1. The van der Waals surface area contributed by atoms with E-state index in [0.29, 0.717) is 0 Å². The molecule has 2 N–H and O–H groups in total. The Morgan fingerprint density at radius 2 is 1.96 bits per heavy atom. The molecule has 0 fully saturated rings. The average Bonchev–Trinajstić information content (AvgIpc) is 2.98. The minimum atomic E-state index is -4.02. The van der Waals surface area contributed by atoms with Crippen molar-refractivity contribution in [3.63, 3.8) is 0 Å². The zero-order chi connectivity index (χ0) is 17.3. The van der Waals surface area contributed by atoms with Crippen LogP contribution < -0.4 is 10.0 Å². The maximum absolute atomic E-state index is 13.1. The summed E-state index contributed by atoms with van der Waals surface area (Å²) in [5, 5.41) is 2.11. The van der Waals surface area contributed by atoms with Gasteiger partial charge in [0.05, 0.1) is 9.92 Å². The summed E-state index contributed by atoms with van der Waals surface area (Å²) in [5.41, 5.74) is 2.01. The van der Waals surface area contributed by atoms with Gasteiger partial charge in [-0.25, -0.2) is 22.3 Å². The molecule has 5 nitrogen and oxygen atoms in total. The lowest BCUT2D eigenvalue weighted by molar-refractivity contribution is 0.256. The van der Waals surface area contributed by atoms with Crippen LogP contribution in [0.5, 0.6) is 0 Å². The van der Waals surface area contributed by atoms with Crippen LogP contribution in [0.25, 0.3) is 6.08 Å². The van der Waals surface area contributed by atoms with Crippen LogP contribution in [0.2, 0.25) is 5.02 Å². The van der Waals surface area contributed by atoms with Gasteiger partial charge in [-0.1, -0.05) is 29.8 Å². The van der Waals surface area contributed by atoms with Gasteiger partial charge in [0, 0.05) is 5.69 Å². The van der Waals surface area contributed by atoms with E-state index in [4.69, 9.17) is 11.6 Å². The number of hydrogen-bond donors (Lipinski definition) is 2. The number of hydrogen-bond acceptors (Lipinski definition) is 3. The maximum Gasteiger partial charge on any atom is 0.333 e. The highest BCUT2D eigenvalue weighted by molar-refractivity contribution is 7.90. The van der Waals surface area contributed by atoms with E-state index in [1.54, 1.807) is 6.07 Å². The van der Waals surface area contributed by atoms with Gasteiger partial charge >= 0.3 is 6.03 Å². The predicted octanol–water partition coefficient (Wildman–Crippen LogP) is 3.56. The molecule has 0 radical (unpaired) electrons. The van der Waals surface area contributed by atoms with Crippen LogP contribution >= 0.6 is 11.6 Å². The Labute approximate surface area is 143 Å². The Morgan fingerprint density at radius 1 is 1.17 bits per heavy atom. The normalized spacial score (nSPS) is 12.8. The van der Waals surface area contributed by atoms with E-state index < -0.39 is 21.9 Å². The molecule has 0 bridgehead atoms. The van der Waals surface area contributed by atoms with Crippen molar-refractivity contribution in [1.82, 2.24) is 4.72 Å². The molecule has 0 atom stereocenters. The van der Waals surface area contributed by atoms with Crippen molar-refractivity contribution in [2.24, 2.45) is 0 Å². The number of halogens is 2. The van der Waals surface area contributed by atoms with Crippen molar-refractivity contribution in [3.8, 4) is 0 Å². The van der Waals surface area contributed by atoms with E-state index >= 15 is 0 Å². The summed E-state index contributed by atoms with van der Waals surface area (Å²) in [6.07, 6.45) is 4.52. The van der Waals surface area contributed by atoms with Gasteiger partial charge < -0.3 is 5.32 Å². The molecule has 0 heterocycles. The molecule has 0 unspecified atom stereocenters. The number of anilines is 1. The minimum Gasteiger partial charge on any atom is -0.307 e. The van der Waals surface area contributed by atoms with E-state index in [2.05, 4.69) is 5.32 Å². The molecule has 2 aromatic rings. The van der Waals surface area contributed by atoms with Gasteiger partial charge in [-0.15, -0.1) is 0 Å². The molecule has 0 spiro atoms. The first-order valence-corrected chi connectivity index (χ1v) is 8.79. The van der Waals surface area contributed by atoms with Crippen molar-refractivity contribution in [2.45, 2.75) is 11.3 Å². The fourth-order valence-electron chi connectivity index (χ4n) is 2.31. The number of benzene rings is 2. The molecule has 8 heteroatoms. The SMILES string of the molecule is O=C(Nc1ccc(F)c(Cl)c1)NS(=O)(=O)c1ccc2c(c1)C=CC2. The number of carbonyl (C=O) groups excluding carboxylic acids is 1. The van der Waals surface area contributed by atoms with Gasteiger partial charge in [0.1, 0.15) is 5.82 Å². The third-order valence-corrected chi connectivity index (χ3v) is 5.09. The number of carbonyl (C=O) groups is 1. The molecule has 0 saturated carbocycles. The molecule has 0 aromatic heterocycles. The Morgan fingerprint density at radius 3 is 2.71 bits per heavy atom. The van der Waals surface area contributed by atoms with Gasteiger partial charge in [-0.3, -0.25) is 0 Å². The van der Waals surface area contributed by atoms with Crippen molar-refractivity contribution < 1.29 is 17.6 Å². The lowest BCUT2D eigenvalue weighted by Crippen LogP contribution is -2.34. The average molecular weight is 367 g/mol. The monoisotopic (exact) mass is 366 g/mol. The number of rotatable bonds is 3. The predicted molar refractivity (Wildman–Crippen MR) is 89.9 cm³/mol. The van der Waals surface area contributed by atoms with Gasteiger partial charge in [-0.2, -0.15) is 0 Å². The number of fused-ring (bicyclic) bond motifs is 1. The largest absolute Gasteiger partial charge is 0.333 e. The molecule has 2 amide bonds. The van der Waals surface area contributed by atoms with Crippen LogP contribution in [0.15, 0.2) is 47.4 Å². The third-order valence-electron chi connectivity index (χ3n) is 3.47. The molecule has 24 heavy (non-hydrogen) atoms. The second-order valence-electron chi connectivity index (χ2n) is 5.16. The Hall–Kier alpha value is -2.38. The summed E-state index contributed by atoms with van der Waals surface area (Å²) in [4.78, 5) is 11.9. The number of urea groups is 1. The van der Waals surface area contributed by atoms with Crippen LogP contribution in [0.3, 0.4) is 0 Å². The van der Waals surface area contributed by atoms with Crippen molar-refractivity contribution in [1.29, 1.82) is 0 Å². The highest BCUT2D eigenvalue weighted by Crippen LogP contribution is 2.23. The van der Waals surface area contributed by atoms with Gasteiger partial charge in [-0.05, 0) is 47.9 Å². The first-order valence-electron chi connectivity index (χ1n) is 6.93. The van der Waals surface area contributed by atoms with Crippen LogP contribution in [-0.4, -0.2) is 14.4 Å². The number of sulfonamides is 1. The van der Waals surface area contributed by atoms with E-state index in [1.807, 2.05) is 16.9 Å². The molecule has 1 aliphatic carbocycles. The maximum atomic E-state index is 13.1. The van der Waals surface area contributed by atoms with Crippen LogP contribution in [0.4, 0.5) is 14.9 Å². The molecule has 0 saturated heterocycles. The minimum absolute atomic E-state index is 0.0138. The summed E-state index contributed by atoms with van der Waals surface area (Å²) < 4.78 is 39.5. The molecule has 1 aliphatic rings. The molecule has 124 valence electrons. The summed E-state index contributed by atoms with van der Waals surface area (Å²) in [7, 11) is -4.02. The van der Waals surface area contributed by atoms with E-state index in [-0.39, 0.29) is 15.6 Å². The first-order chi connectivity index (χ1) is 11.3. The quantitative estimate of drug-likeness (QED) is 0.872. The Bertz CT molecular complexity index is 958. The molecular weight excluding hydrogens is 355 g/mol. The zero-order valence-corrected chi connectivity index (χ0v) is 13.8. The standard InChI is InChI=1S/C16H12ClFN2O3S/c17-14-9-12(5-7-15(14)18)19-16(21)20-24(22,23)13-6-4-10-2-1-3-11(10)8-13/h1,3-9H,2H2,(H2,19,20,21). The molecule has 0 aliphatic heterocycles. The van der Waals surface area contributed by atoms with E-state index in [1.165, 1.54) is 24.3 Å². The summed E-state index contributed by atoms with van der Waals surface area (Å²) in [6.45, 7) is 0. The smallest absolute Gasteiger partial charge is 0.307 e. The summed E-state index contributed by atoms with van der Waals surface area (Å²) in [6, 6.07) is 7.21. The fourth-order valence-corrected chi connectivity index (χ4v) is 3.43. The molecular formula is C16H12ClFN2O3S. The number of amides is 2. The highest BCUT2D eigenvalue weighted by Gasteiger charge is 2.19. The van der Waals surface area contributed by atoms with Crippen molar-refractivity contribution in [2.75, 3.05) is 5.32 Å². The Balaban J connectivity index is 1.75. The van der Waals surface area contributed by atoms with Crippen LogP contribution in [-0.2, 0) is 16.4 Å². The third kappa shape index (κ3) is 3.42. The van der Waals surface area contributed by atoms with E-state index in [9.17, 15) is 17.6 Å². The second kappa shape index (κ2) is 6.26. The zero-order valence-electron chi connectivity index (χ0n) is 12.2. The summed E-state index contributed by atoms with van der Waals surface area (Å²) in [5.74, 6) is -0.638. The fraction of sp³-hybridized carbons (Fsp3) is 0.0625. The first kappa shape index (κ1) is 16.5. The Kier molecular flexibility index (Phi) is 4.29. The summed E-state index contributed by atoms with van der Waals surface area (Å²) >= 11 is 5.61. The van der Waals surface area contributed by atoms with Crippen LogP contribution in [0, 0.1) is 5.82 Å². The van der Waals surface area contributed by atoms with Crippen LogP contribution in [0.1, 0.15) is 11.1 Å².